The summed E-state index contributed by atoms with van der Waals surface area (Å²) in [6.07, 6.45) is 9.52. The number of hydrogen-bond acceptors (Lipinski definition) is 6. The van der Waals surface area contributed by atoms with Gasteiger partial charge < -0.3 is 15.2 Å². The van der Waals surface area contributed by atoms with E-state index in [0.717, 1.165) is 36.9 Å². The van der Waals surface area contributed by atoms with Crippen molar-refractivity contribution in [2.24, 2.45) is 22.1 Å². The van der Waals surface area contributed by atoms with E-state index in [0.29, 0.717) is 5.92 Å². The fourth-order valence-corrected chi connectivity index (χ4v) is 6.92. The topological polar surface area (TPSA) is 82.6 Å². The van der Waals surface area contributed by atoms with Crippen LogP contribution in [0.15, 0.2) is 41.8 Å². The predicted molar refractivity (Wildman–Crippen MR) is 144 cm³/mol. The van der Waals surface area contributed by atoms with Crippen LogP contribution < -0.4 is 5.73 Å². The van der Waals surface area contributed by atoms with Crippen LogP contribution in [0.3, 0.4) is 0 Å². The third-order valence-corrected chi connectivity index (χ3v) is 7.92. The average Bonchev–Trinajstić information content (AvgIpc) is 3.14. The number of fused-ring (bicyclic) bond motifs is 3. The molecule has 1 aromatic carbocycles. The largest absolute Gasteiger partial charge is 0.475 e. The Bertz CT molecular complexity index is 1110. The Morgan fingerprint density at radius 3 is 2.61 bits per heavy atom. The van der Waals surface area contributed by atoms with E-state index in [9.17, 15) is 0 Å². The molecule has 0 unspecified atom stereocenters. The molecule has 2 heterocycles. The second kappa shape index (κ2) is 7.43. The highest BCUT2D eigenvalue weighted by Crippen LogP contribution is 2.65. The van der Waals surface area contributed by atoms with Crippen molar-refractivity contribution in [3.8, 4) is 11.3 Å². The maximum atomic E-state index is 6.46. The lowest BCUT2D eigenvalue weighted by atomic mass is 9.44. The zero-order valence-electron chi connectivity index (χ0n) is 20.7. The molecule has 2 aromatic rings. The molecule has 0 radical (unpaired) electrons. The van der Waals surface area contributed by atoms with Crippen LogP contribution in [0.1, 0.15) is 37.3 Å². The van der Waals surface area contributed by atoms with E-state index in [1.807, 2.05) is 6.20 Å². The summed E-state index contributed by atoms with van der Waals surface area (Å²) >= 11 is 0. The molecular weight excluding hydrogens is 406 g/mol. The van der Waals surface area contributed by atoms with Crippen LogP contribution in [-0.2, 0) is 21.4 Å². The first-order valence-electron chi connectivity index (χ1n) is 12.1. The molecule has 4 atom stereocenters. The van der Waals surface area contributed by atoms with Crippen LogP contribution in [0, 0.1) is 11.3 Å². The lowest BCUT2D eigenvalue weighted by Gasteiger charge is -2.53. The second-order valence-corrected chi connectivity index (χ2v) is 11.7. The van der Waals surface area contributed by atoms with Gasteiger partial charge in [0, 0.05) is 23.4 Å². The minimum Gasteiger partial charge on any atom is -0.475 e. The van der Waals surface area contributed by atoms with Gasteiger partial charge in [-0.3, -0.25) is 9.97 Å². The monoisotopic (exact) mass is 438 g/mol. The number of benzene rings is 1. The zero-order chi connectivity index (χ0) is 23.6. The summed E-state index contributed by atoms with van der Waals surface area (Å²) in [4.78, 5) is 14.0. The van der Waals surface area contributed by atoms with Crippen LogP contribution in [-0.4, -0.2) is 72.0 Å². The van der Waals surface area contributed by atoms with E-state index in [1.54, 1.807) is 12.4 Å². The maximum absolute atomic E-state index is 6.46. The molecule has 166 valence electrons. The van der Waals surface area contributed by atoms with Crippen molar-refractivity contribution in [3.05, 3.63) is 47.9 Å². The standard InChI is InChI=1S/C22H31B5N4O2/c1-12-9-19(5-4-17(12)32-22(25,26)27)10-14-3-2-13(16-11-29-6-7-30-16)8-15(14)20(19)21(23,24)33-18(28)31-20/h2-3,6-8,11-12,17H,4-5,9-10,23-27H2,1H3,(H2,28,31)/t12-,17-,19-,20+/m1/s1. The number of nitrogens with zero attached hydrogens (tertiary/aromatic N) is 3. The average molecular weight is 438 g/mol. The Morgan fingerprint density at radius 1 is 1.21 bits per heavy atom. The lowest BCUT2D eigenvalue weighted by Crippen LogP contribution is -2.60. The van der Waals surface area contributed by atoms with Gasteiger partial charge in [0.1, 0.15) is 29.1 Å². The van der Waals surface area contributed by atoms with Crippen molar-refractivity contribution in [2.45, 2.75) is 54.9 Å². The summed E-state index contributed by atoms with van der Waals surface area (Å²) < 4.78 is 12.7. The molecular formula is C22H31B5N4O2. The Labute approximate surface area is 201 Å². The quantitative estimate of drug-likeness (QED) is 0.555. The van der Waals surface area contributed by atoms with Gasteiger partial charge in [0.05, 0.1) is 23.4 Å². The van der Waals surface area contributed by atoms with Gasteiger partial charge in [0.15, 0.2) is 15.7 Å². The van der Waals surface area contributed by atoms with Crippen molar-refractivity contribution in [3.63, 3.8) is 0 Å². The van der Waals surface area contributed by atoms with Gasteiger partial charge in [0.2, 0.25) is 0 Å². The summed E-state index contributed by atoms with van der Waals surface area (Å²) in [6, 6.07) is 6.95. The molecule has 1 aliphatic heterocycles. The Morgan fingerprint density at radius 2 is 2.00 bits per heavy atom. The first kappa shape index (κ1) is 22.6. The first-order valence-corrected chi connectivity index (χ1v) is 12.1. The van der Waals surface area contributed by atoms with Crippen molar-refractivity contribution in [1.82, 2.24) is 9.97 Å². The Hall–Kier alpha value is -2.15. The van der Waals surface area contributed by atoms with Crippen molar-refractivity contribution in [2.75, 3.05) is 0 Å². The van der Waals surface area contributed by atoms with Gasteiger partial charge >= 0.3 is 0 Å². The minimum absolute atomic E-state index is 0.0713. The molecule has 1 fully saturated rings. The number of aliphatic imine (C=N–C) groups is 1. The molecule has 11 heteroatoms. The summed E-state index contributed by atoms with van der Waals surface area (Å²) in [5.74, 6) is 0.413. The lowest BCUT2D eigenvalue weighted by molar-refractivity contribution is -0.0743. The van der Waals surface area contributed by atoms with Gasteiger partial charge in [-0.1, -0.05) is 19.1 Å². The fraction of sp³-hybridized carbons (Fsp3) is 0.500. The van der Waals surface area contributed by atoms with Crippen LogP contribution in [0.2, 0.25) is 0 Å². The highest BCUT2D eigenvalue weighted by molar-refractivity contribution is 6.58. The molecule has 2 N–H and O–H groups in total. The van der Waals surface area contributed by atoms with Gasteiger partial charge in [0.25, 0.3) is 6.02 Å². The van der Waals surface area contributed by atoms with Gasteiger partial charge in [-0.2, -0.15) is 0 Å². The van der Waals surface area contributed by atoms with E-state index >= 15 is 0 Å². The van der Waals surface area contributed by atoms with E-state index in [2.05, 4.69) is 74.3 Å². The molecule has 33 heavy (non-hydrogen) atoms. The minimum atomic E-state index is -0.555. The molecule has 0 amide bonds. The molecule has 1 aromatic heterocycles. The van der Waals surface area contributed by atoms with E-state index in [4.69, 9.17) is 20.2 Å². The number of aromatic nitrogens is 2. The van der Waals surface area contributed by atoms with E-state index in [1.165, 1.54) is 11.1 Å². The Kier molecular flexibility index (Phi) is 5.09. The van der Waals surface area contributed by atoms with Crippen LogP contribution in [0.25, 0.3) is 11.3 Å². The smallest absolute Gasteiger partial charge is 0.282 e. The van der Waals surface area contributed by atoms with Gasteiger partial charge in [-0.05, 0) is 54.1 Å². The van der Waals surface area contributed by atoms with Crippen molar-refractivity contribution in [1.29, 1.82) is 0 Å². The van der Waals surface area contributed by atoms with E-state index < -0.39 is 10.9 Å². The molecule has 2 aliphatic carbocycles. The van der Waals surface area contributed by atoms with Crippen LogP contribution in [0.4, 0.5) is 0 Å². The number of rotatable bonds is 3. The van der Waals surface area contributed by atoms with Crippen molar-refractivity contribution < 1.29 is 9.47 Å². The van der Waals surface area contributed by atoms with Gasteiger partial charge in [-0.15, -0.1) is 0 Å². The second-order valence-electron chi connectivity index (χ2n) is 11.7. The molecule has 2 spiro atoms. The molecule has 5 rings (SSSR count). The number of ether oxygens (including phenoxy) is 2. The molecule has 0 saturated heterocycles. The van der Waals surface area contributed by atoms with E-state index in [-0.39, 0.29) is 22.8 Å². The molecule has 0 bridgehead atoms. The third kappa shape index (κ3) is 3.46. The highest BCUT2D eigenvalue weighted by atomic mass is 16.5. The molecule has 1 saturated carbocycles. The summed E-state index contributed by atoms with van der Waals surface area (Å²) in [5.41, 5.74) is 10.1. The number of nitrogens with two attached hydrogens (primary N) is 1. The maximum Gasteiger partial charge on any atom is 0.282 e. The summed E-state index contributed by atoms with van der Waals surface area (Å²) in [5, 5.41) is -0.704. The van der Waals surface area contributed by atoms with Crippen molar-refractivity contribution >= 4 is 45.3 Å². The number of hydrogen-bond donors (Lipinski definition) is 1. The Balaban J connectivity index is 1.62. The van der Waals surface area contributed by atoms with Gasteiger partial charge in [-0.25, -0.2) is 4.99 Å². The molecule has 3 aliphatic rings. The normalized spacial score (nSPS) is 32.5. The number of amidine groups is 1. The molecule has 6 nitrogen and oxygen atoms in total. The highest BCUT2D eigenvalue weighted by Gasteiger charge is 2.69. The SMILES string of the molecule is BC(B)(B)O[C@@H]1CC[C@]2(Cc3ccc(-c4cnccn4)cc3[C@]23N=C(N)OC3(B)B)C[C@H]1C. The predicted octanol–water partition coefficient (Wildman–Crippen LogP) is -2.14. The zero-order valence-corrected chi connectivity index (χ0v) is 20.7. The van der Waals surface area contributed by atoms with Crippen LogP contribution >= 0.6 is 0 Å². The summed E-state index contributed by atoms with van der Waals surface area (Å²) in [6.45, 7) is 2.33. The summed E-state index contributed by atoms with van der Waals surface area (Å²) in [7, 11) is 10.7. The third-order valence-electron chi connectivity index (χ3n) is 7.92. The van der Waals surface area contributed by atoms with Crippen LogP contribution in [0.5, 0.6) is 0 Å². The first-order chi connectivity index (χ1) is 15.5. The fourth-order valence-electron chi connectivity index (χ4n) is 6.92.